The summed E-state index contributed by atoms with van der Waals surface area (Å²) >= 11 is 0. The van der Waals surface area contributed by atoms with Gasteiger partial charge in [-0.25, -0.2) is 0 Å². The molecule has 0 saturated heterocycles. The van der Waals surface area contributed by atoms with Crippen LogP contribution in [0.5, 0.6) is 0 Å². The van der Waals surface area contributed by atoms with Crippen LogP contribution < -0.4 is 0 Å². The molecule has 1 fully saturated rings. The predicted molar refractivity (Wildman–Crippen MR) is 66.2 cm³/mol. The SMILES string of the molecule is CCCC(C)CC(O)C1CCC(C(F)(F)F)CC1. The van der Waals surface area contributed by atoms with Crippen molar-refractivity contribution in [3.8, 4) is 0 Å². The summed E-state index contributed by atoms with van der Waals surface area (Å²) in [6.07, 6.45) is -0.153. The molecule has 1 rings (SSSR count). The van der Waals surface area contributed by atoms with Crippen molar-refractivity contribution in [2.45, 2.75) is 71.1 Å². The maximum absolute atomic E-state index is 12.5. The molecule has 108 valence electrons. The van der Waals surface area contributed by atoms with Crippen molar-refractivity contribution in [2.24, 2.45) is 17.8 Å². The lowest BCUT2D eigenvalue weighted by atomic mass is 9.77. The Labute approximate surface area is 108 Å². The molecular formula is C14H25F3O. The van der Waals surface area contributed by atoms with Crippen molar-refractivity contribution in [3.63, 3.8) is 0 Å². The van der Waals surface area contributed by atoms with Crippen molar-refractivity contribution < 1.29 is 18.3 Å². The maximum atomic E-state index is 12.5. The van der Waals surface area contributed by atoms with E-state index < -0.39 is 18.2 Å². The number of aliphatic hydroxyl groups excluding tert-OH is 1. The Hall–Kier alpha value is -0.250. The Kier molecular flexibility index (Phi) is 5.96. The van der Waals surface area contributed by atoms with Crippen molar-refractivity contribution in [1.82, 2.24) is 0 Å². The highest BCUT2D eigenvalue weighted by Crippen LogP contribution is 2.41. The number of rotatable bonds is 5. The van der Waals surface area contributed by atoms with Crippen molar-refractivity contribution in [1.29, 1.82) is 0 Å². The van der Waals surface area contributed by atoms with Crippen LogP contribution in [0.2, 0.25) is 0 Å². The van der Waals surface area contributed by atoms with Crippen LogP contribution >= 0.6 is 0 Å². The van der Waals surface area contributed by atoms with Gasteiger partial charge in [0, 0.05) is 0 Å². The topological polar surface area (TPSA) is 20.2 Å². The maximum Gasteiger partial charge on any atom is 0.391 e. The second-order valence-corrected chi connectivity index (χ2v) is 5.85. The molecule has 0 aromatic heterocycles. The molecule has 1 aliphatic rings. The minimum absolute atomic E-state index is 0.0721. The van der Waals surface area contributed by atoms with Gasteiger partial charge in [-0.1, -0.05) is 26.7 Å². The lowest BCUT2D eigenvalue weighted by Gasteiger charge is -2.33. The number of alkyl halides is 3. The fraction of sp³-hybridized carbons (Fsp3) is 1.00. The Morgan fingerprint density at radius 2 is 1.72 bits per heavy atom. The monoisotopic (exact) mass is 266 g/mol. The van der Waals surface area contributed by atoms with Gasteiger partial charge in [0.15, 0.2) is 0 Å². The van der Waals surface area contributed by atoms with Crippen molar-refractivity contribution >= 4 is 0 Å². The molecular weight excluding hydrogens is 241 g/mol. The molecule has 2 atom stereocenters. The first-order chi connectivity index (χ1) is 8.34. The van der Waals surface area contributed by atoms with Crippen LogP contribution in [-0.4, -0.2) is 17.4 Å². The second-order valence-electron chi connectivity index (χ2n) is 5.85. The van der Waals surface area contributed by atoms with E-state index >= 15 is 0 Å². The molecule has 0 spiro atoms. The number of halogens is 3. The highest BCUT2D eigenvalue weighted by Gasteiger charge is 2.42. The van der Waals surface area contributed by atoms with E-state index in [1.165, 1.54) is 0 Å². The first-order valence-electron chi connectivity index (χ1n) is 7.09. The molecule has 1 N–H and O–H groups in total. The summed E-state index contributed by atoms with van der Waals surface area (Å²) in [5.41, 5.74) is 0. The molecule has 1 aliphatic carbocycles. The van der Waals surface area contributed by atoms with Gasteiger partial charge in [0.25, 0.3) is 0 Å². The molecule has 0 aromatic carbocycles. The largest absolute Gasteiger partial charge is 0.393 e. The average molecular weight is 266 g/mol. The highest BCUT2D eigenvalue weighted by molar-refractivity contribution is 4.81. The molecule has 0 bridgehead atoms. The van der Waals surface area contributed by atoms with Gasteiger partial charge in [0.1, 0.15) is 0 Å². The molecule has 18 heavy (non-hydrogen) atoms. The van der Waals surface area contributed by atoms with Gasteiger partial charge in [0.05, 0.1) is 12.0 Å². The van der Waals surface area contributed by atoms with E-state index in [1.807, 2.05) is 0 Å². The molecule has 0 aromatic rings. The summed E-state index contributed by atoms with van der Waals surface area (Å²) in [6.45, 7) is 4.21. The first kappa shape index (κ1) is 15.8. The van der Waals surface area contributed by atoms with Crippen LogP contribution in [0.3, 0.4) is 0 Å². The van der Waals surface area contributed by atoms with Crippen molar-refractivity contribution in [3.05, 3.63) is 0 Å². The molecule has 0 heterocycles. The van der Waals surface area contributed by atoms with E-state index in [1.54, 1.807) is 0 Å². The Balaban J connectivity index is 2.34. The van der Waals surface area contributed by atoms with E-state index in [-0.39, 0.29) is 18.8 Å². The summed E-state index contributed by atoms with van der Waals surface area (Å²) in [6, 6.07) is 0. The molecule has 4 heteroatoms. The van der Waals surface area contributed by atoms with Gasteiger partial charge >= 0.3 is 6.18 Å². The third kappa shape index (κ3) is 4.79. The van der Waals surface area contributed by atoms with E-state index in [2.05, 4.69) is 13.8 Å². The summed E-state index contributed by atoms with van der Waals surface area (Å²) in [4.78, 5) is 0. The van der Waals surface area contributed by atoms with Gasteiger partial charge in [-0.2, -0.15) is 13.2 Å². The minimum atomic E-state index is -4.05. The Morgan fingerprint density at radius 3 is 2.17 bits per heavy atom. The number of hydrogen-bond donors (Lipinski definition) is 1. The first-order valence-corrected chi connectivity index (χ1v) is 7.09. The van der Waals surface area contributed by atoms with Gasteiger partial charge in [-0.3, -0.25) is 0 Å². The fourth-order valence-corrected chi connectivity index (χ4v) is 3.05. The Bertz CT molecular complexity index is 232. The van der Waals surface area contributed by atoms with E-state index in [9.17, 15) is 18.3 Å². The van der Waals surface area contributed by atoms with Crippen LogP contribution in [0.15, 0.2) is 0 Å². The smallest absolute Gasteiger partial charge is 0.391 e. The molecule has 0 amide bonds. The summed E-state index contributed by atoms with van der Waals surface area (Å²) in [5, 5.41) is 10.1. The lowest BCUT2D eigenvalue weighted by molar-refractivity contribution is -0.186. The number of aliphatic hydroxyl groups is 1. The van der Waals surface area contributed by atoms with Gasteiger partial charge in [0.2, 0.25) is 0 Å². The predicted octanol–water partition coefficient (Wildman–Crippen LogP) is 4.54. The van der Waals surface area contributed by atoms with Crippen LogP contribution in [0.4, 0.5) is 13.2 Å². The highest BCUT2D eigenvalue weighted by atomic mass is 19.4. The van der Waals surface area contributed by atoms with Gasteiger partial charge in [-0.15, -0.1) is 0 Å². The third-order valence-corrected chi connectivity index (χ3v) is 4.20. The normalized spacial score (nSPS) is 29.0. The quantitative estimate of drug-likeness (QED) is 0.774. The summed E-state index contributed by atoms with van der Waals surface area (Å²) in [7, 11) is 0. The second kappa shape index (κ2) is 6.78. The van der Waals surface area contributed by atoms with Crippen LogP contribution in [0, 0.1) is 17.8 Å². The molecule has 0 aliphatic heterocycles. The molecule has 1 nitrogen and oxygen atoms in total. The standard InChI is InChI=1S/C14H25F3O/c1-3-4-10(2)9-13(18)11-5-7-12(8-6-11)14(15,16)17/h10-13,18H,3-9H2,1-2H3. The zero-order valence-electron chi connectivity index (χ0n) is 11.3. The summed E-state index contributed by atoms with van der Waals surface area (Å²) < 4.78 is 37.6. The van der Waals surface area contributed by atoms with Crippen LogP contribution in [-0.2, 0) is 0 Å². The van der Waals surface area contributed by atoms with Gasteiger partial charge < -0.3 is 5.11 Å². The van der Waals surface area contributed by atoms with E-state index in [0.29, 0.717) is 18.8 Å². The zero-order chi connectivity index (χ0) is 13.8. The minimum Gasteiger partial charge on any atom is -0.393 e. The molecule has 0 radical (unpaired) electrons. The van der Waals surface area contributed by atoms with E-state index in [4.69, 9.17) is 0 Å². The average Bonchev–Trinajstić information content (AvgIpc) is 2.28. The Morgan fingerprint density at radius 1 is 1.17 bits per heavy atom. The van der Waals surface area contributed by atoms with Gasteiger partial charge in [-0.05, 0) is 43.9 Å². The third-order valence-electron chi connectivity index (χ3n) is 4.20. The fourth-order valence-electron chi connectivity index (χ4n) is 3.05. The van der Waals surface area contributed by atoms with Crippen molar-refractivity contribution in [2.75, 3.05) is 0 Å². The molecule has 2 unspecified atom stereocenters. The van der Waals surface area contributed by atoms with E-state index in [0.717, 1.165) is 19.3 Å². The lowest BCUT2D eigenvalue weighted by Crippen LogP contribution is -2.32. The number of hydrogen-bond acceptors (Lipinski definition) is 1. The zero-order valence-corrected chi connectivity index (χ0v) is 11.3. The van der Waals surface area contributed by atoms with Crippen LogP contribution in [0.1, 0.15) is 58.8 Å². The van der Waals surface area contributed by atoms with Crippen LogP contribution in [0.25, 0.3) is 0 Å². The molecule has 1 saturated carbocycles. The summed E-state index contributed by atoms with van der Waals surface area (Å²) in [5.74, 6) is -0.609.